The molecule has 0 spiro atoms. The van der Waals surface area contributed by atoms with E-state index in [-0.39, 0.29) is 12.8 Å². The first-order valence-corrected chi connectivity index (χ1v) is 24.3. The molecule has 4 N–H and O–H groups in total. The van der Waals surface area contributed by atoms with Crippen molar-refractivity contribution < 1.29 is 75.8 Å². The number of carbonyl (C=O) groups excluding carboxylic acids is 3. The van der Waals surface area contributed by atoms with Crippen molar-refractivity contribution in [3.63, 3.8) is 0 Å². The van der Waals surface area contributed by atoms with Gasteiger partial charge >= 0.3 is 33.6 Å². The van der Waals surface area contributed by atoms with Crippen LogP contribution in [0, 0.1) is 0 Å². The van der Waals surface area contributed by atoms with Crippen molar-refractivity contribution in [2.45, 2.75) is 193 Å². The van der Waals surface area contributed by atoms with Gasteiger partial charge in [0.2, 0.25) is 0 Å². The second-order valence-corrected chi connectivity index (χ2v) is 17.5. The minimum atomic E-state index is -4.87. The van der Waals surface area contributed by atoms with Gasteiger partial charge in [-0.2, -0.15) is 0 Å². The standard InChI is InChI=1S/C39H76O16P2/c1-4-6-8-10-12-14-16-17-19-21-23-25-27-39(44)55-37(31-49-38(43)26-24-22-20-18-15-13-11-9-7-5-2)33-53-57(47,48)51-30-35(42)29-50-56(45,46)52-32-36(28-40)54-34(3)41/h35-37,40,42H,4-33H2,1-3H3,(H,45,46)(H,47,48)/t35-,36-,37-/m1/s1. The number of aliphatic hydroxyl groups is 2. The van der Waals surface area contributed by atoms with Crippen molar-refractivity contribution in [1.82, 2.24) is 0 Å². The van der Waals surface area contributed by atoms with E-state index in [4.69, 9.17) is 23.6 Å². The summed E-state index contributed by atoms with van der Waals surface area (Å²) in [6.45, 7) is 1.28. The lowest BCUT2D eigenvalue weighted by atomic mass is 10.0. The van der Waals surface area contributed by atoms with Gasteiger partial charge in [-0.05, 0) is 12.8 Å². The van der Waals surface area contributed by atoms with Crippen LogP contribution in [0.25, 0.3) is 0 Å². The summed E-state index contributed by atoms with van der Waals surface area (Å²) in [6.07, 6.45) is 20.8. The van der Waals surface area contributed by atoms with Crippen molar-refractivity contribution in [1.29, 1.82) is 0 Å². The van der Waals surface area contributed by atoms with Crippen molar-refractivity contribution >= 4 is 33.6 Å². The Balaban J connectivity index is 4.80. The van der Waals surface area contributed by atoms with Crippen molar-refractivity contribution in [2.24, 2.45) is 0 Å². The molecule has 0 aliphatic carbocycles. The molecular weight excluding hydrogens is 786 g/mol. The molecule has 338 valence electrons. The van der Waals surface area contributed by atoms with Gasteiger partial charge in [-0.15, -0.1) is 0 Å². The van der Waals surface area contributed by atoms with E-state index >= 15 is 0 Å². The summed E-state index contributed by atoms with van der Waals surface area (Å²) in [6, 6.07) is 0. The molecule has 0 fully saturated rings. The van der Waals surface area contributed by atoms with E-state index in [0.717, 1.165) is 51.9 Å². The highest BCUT2D eigenvalue weighted by Crippen LogP contribution is 2.45. The summed E-state index contributed by atoms with van der Waals surface area (Å²) in [5, 5.41) is 19.2. The molecule has 16 nitrogen and oxygen atoms in total. The highest BCUT2D eigenvalue weighted by atomic mass is 31.2. The van der Waals surface area contributed by atoms with Crippen LogP contribution in [0.1, 0.15) is 175 Å². The Morgan fingerprint density at radius 2 is 0.842 bits per heavy atom. The number of phosphoric ester groups is 2. The van der Waals surface area contributed by atoms with Gasteiger partial charge in [0.1, 0.15) is 18.8 Å². The molecule has 0 amide bonds. The van der Waals surface area contributed by atoms with Crippen LogP contribution in [-0.4, -0.2) is 95.9 Å². The molecule has 0 aliphatic heterocycles. The fraction of sp³-hybridized carbons (Fsp3) is 0.923. The first kappa shape index (κ1) is 55.5. The van der Waals surface area contributed by atoms with Crippen LogP contribution < -0.4 is 0 Å². The molecule has 0 heterocycles. The van der Waals surface area contributed by atoms with Gasteiger partial charge in [-0.3, -0.25) is 32.5 Å². The van der Waals surface area contributed by atoms with E-state index in [1.807, 2.05) is 0 Å². The number of rotatable bonds is 41. The number of esters is 3. The third-order valence-electron chi connectivity index (χ3n) is 8.94. The summed E-state index contributed by atoms with van der Waals surface area (Å²) in [5.74, 6) is -1.82. The number of carbonyl (C=O) groups is 3. The predicted octanol–water partition coefficient (Wildman–Crippen LogP) is 8.40. The minimum absolute atomic E-state index is 0.114. The Morgan fingerprint density at radius 3 is 1.23 bits per heavy atom. The van der Waals surface area contributed by atoms with Gasteiger partial charge in [-0.1, -0.05) is 142 Å². The van der Waals surface area contributed by atoms with Crippen molar-refractivity contribution in [3.8, 4) is 0 Å². The number of phosphoric acid groups is 2. The molecule has 0 radical (unpaired) electrons. The minimum Gasteiger partial charge on any atom is -0.462 e. The molecule has 18 heteroatoms. The highest BCUT2D eigenvalue weighted by Gasteiger charge is 2.29. The average Bonchev–Trinajstić information content (AvgIpc) is 3.17. The SMILES string of the molecule is CCCCCCCCCCCCCCC(=O)O[C@H](COC(=O)CCCCCCCCCCCC)COP(=O)(O)OC[C@H](O)COP(=O)(O)OC[C@@H](CO)OC(C)=O. The summed E-state index contributed by atoms with van der Waals surface area (Å²) in [5.41, 5.74) is 0. The molecule has 0 rings (SSSR count). The summed E-state index contributed by atoms with van der Waals surface area (Å²) < 4.78 is 59.1. The normalized spacial score (nSPS) is 15.3. The summed E-state index contributed by atoms with van der Waals surface area (Å²) >= 11 is 0. The Kier molecular flexibility index (Phi) is 35.5. The third kappa shape index (κ3) is 37.3. The molecule has 0 saturated heterocycles. The Morgan fingerprint density at radius 1 is 0.491 bits per heavy atom. The zero-order valence-corrected chi connectivity index (χ0v) is 36.8. The summed E-state index contributed by atoms with van der Waals surface area (Å²) in [4.78, 5) is 56.1. The van der Waals surface area contributed by atoms with Crippen molar-refractivity contribution in [3.05, 3.63) is 0 Å². The number of aliphatic hydroxyl groups excluding tert-OH is 2. The van der Waals surface area contributed by atoms with Crippen LogP contribution in [0.4, 0.5) is 0 Å². The zero-order chi connectivity index (χ0) is 42.6. The van der Waals surface area contributed by atoms with Crippen LogP contribution in [-0.2, 0) is 55.8 Å². The Hall–Kier alpha value is -1.45. The smallest absolute Gasteiger partial charge is 0.462 e. The number of hydrogen-bond acceptors (Lipinski definition) is 14. The highest BCUT2D eigenvalue weighted by molar-refractivity contribution is 7.47. The number of hydrogen-bond donors (Lipinski definition) is 4. The molecule has 0 aromatic rings. The fourth-order valence-corrected chi connectivity index (χ4v) is 7.26. The lowest BCUT2D eigenvalue weighted by Gasteiger charge is -2.21. The van der Waals surface area contributed by atoms with Gasteiger partial charge in [0.15, 0.2) is 6.10 Å². The van der Waals surface area contributed by atoms with E-state index in [2.05, 4.69) is 27.6 Å². The maximum atomic E-state index is 12.7. The van der Waals surface area contributed by atoms with Crippen LogP contribution in [0.2, 0.25) is 0 Å². The average molecular weight is 863 g/mol. The van der Waals surface area contributed by atoms with Crippen molar-refractivity contribution in [2.75, 3.05) is 39.6 Å². The predicted molar refractivity (Wildman–Crippen MR) is 215 cm³/mol. The maximum Gasteiger partial charge on any atom is 0.472 e. The van der Waals surface area contributed by atoms with Crippen LogP contribution >= 0.6 is 15.6 Å². The largest absolute Gasteiger partial charge is 0.472 e. The number of ether oxygens (including phenoxy) is 3. The van der Waals surface area contributed by atoms with E-state index in [1.54, 1.807) is 0 Å². The van der Waals surface area contributed by atoms with Crippen LogP contribution in [0.3, 0.4) is 0 Å². The Bertz CT molecular complexity index is 1110. The van der Waals surface area contributed by atoms with Gasteiger partial charge in [-0.25, -0.2) is 9.13 Å². The van der Waals surface area contributed by atoms with Gasteiger partial charge in [0, 0.05) is 19.8 Å². The van der Waals surface area contributed by atoms with E-state index in [9.17, 15) is 38.4 Å². The monoisotopic (exact) mass is 862 g/mol. The second-order valence-electron chi connectivity index (χ2n) is 14.6. The van der Waals surface area contributed by atoms with Crippen LogP contribution in [0.15, 0.2) is 0 Å². The molecular formula is C39H76O16P2. The van der Waals surface area contributed by atoms with Gasteiger partial charge < -0.3 is 34.2 Å². The Labute approximate surface area is 341 Å². The first-order chi connectivity index (χ1) is 27.2. The third-order valence-corrected chi connectivity index (χ3v) is 10.8. The molecule has 57 heavy (non-hydrogen) atoms. The lowest BCUT2D eigenvalue weighted by molar-refractivity contribution is -0.161. The molecule has 0 saturated carbocycles. The molecule has 2 unspecified atom stereocenters. The molecule has 5 atom stereocenters. The first-order valence-electron chi connectivity index (χ1n) is 21.3. The lowest BCUT2D eigenvalue weighted by Crippen LogP contribution is -2.30. The summed E-state index contributed by atoms with van der Waals surface area (Å²) in [7, 11) is -9.66. The van der Waals surface area contributed by atoms with Gasteiger partial charge in [0.25, 0.3) is 0 Å². The van der Waals surface area contributed by atoms with E-state index in [1.165, 1.54) is 83.5 Å². The maximum absolute atomic E-state index is 12.7. The quantitative estimate of drug-likeness (QED) is 0.0196. The molecule has 0 aromatic heterocycles. The van der Waals surface area contributed by atoms with E-state index < -0.39 is 91.5 Å². The van der Waals surface area contributed by atoms with Crippen LogP contribution in [0.5, 0.6) is 0 Å². The topological polar surface area (TPSA) is 231 Å². The number of unbranched alkanes of at least 4 members (excludes halogenated alkanes) is 20. The molecule has 0 aliphatic rings. The fourth-order valence-electron chi connectivity index (χ4n) is 5.68. The van der Waals surface area contributed by atoms with Gasteiger partial charge in [0.05, 0.1) is 33.0 Å². The molecule has 0 bridgehead atoms. The molecule has 0 aromatic carbocycles. The second kappa shape index (κ2) is 36.4. The van der Waals surface area contributed by atoms with E-state index in [0.29, 0.717) is 12.8 Å². The zero-order valence-electron chi connectivity index (χ0n) is 35.0.